The maximum Gasteiger partial charge on any atom is 0.338 e. The average molecular weight is 1490 g/mol. The summed E-state index contributed by atoms with van der Waals surface area (Å²) in [6.45, 7) is 34.6. The van der Waals surface area contributed by atoms with E-state index in [9.17, 15) is 35.1 Å². The normalized spacial score (nSPS) is 34.9. The Labute approximate surface area is 635 Å². The maximum atomic E-state index is 15.2. The van der Waals surface area contributed by atoms with E-state index in [4.69, 9.17) is 27.8 Å². The van der Waals surface area contributed by atoms with Crippen molar-refractivity contribution in [1.82, 2.24) is 0 Å². The number of benzene rings is 6. The highest BCUT2D eigenvalue weighted by molar-refractivity contribution is 7.00. The number of fused-ring (bicyclic) bond motifs is 10. The second-order valence-corrected chi connectivity index (χ2v) is 44.8. The Hall–Kier alpha value is -6.85. The van der Waals surface area contributed by atoms with E-state index in [1.807, 2.05) is 133 Å². The molecule has 0 radical (unpaired) electrons. The Bertz CT molecular complexity index is 4010. The summed E-state index contributed by atoms with van der Waals surface area (Å²) in [5.74, 6) is -3.90. The van der Waals surface area contributed by atoms with Crippen molar-refractivity contribution in [2.45, 2.75) is 227 Å². The zero-order valence-electron chi connectivity index (χ0n) is 64.8. The van der Waals surface area contributed by atoms with Crippen LogP contribution in [0.5, 0.6) is 0 Å². The molecule has 5 N–H and O–H groups in total. The Morgan fingerprint density at radius 3 is 1.04 bits per heavy atom. The number of allylic oxidation sites excluding steroid dienone is 1. The van der Waals surface area contributed by atoms with Crippen LogP contribution < -0.4 is 20.7 Å². The molecule has 0 spiro atoms. The van der Waals surface area contributed by atoms with Crippen LogP contribution in [-0.2, 0) is 37.4 Å². The molecule has 572 valence electrons. The number of hydrogen-bond acceptors (Lipinski definition) is 15. The molecule has 14 rings (SSSR count). The number of ether oxygens (including phenoxy) is 4. The van der Waals surface area contributed by atoms with Gasteiger partial charge in [0, 0.05) is 61.9 Å². The van der Waals surface area contributed by atoms with Crippen molar-refractivity contribution < 1.29 is 72.5 Å². The summed E-state index contributed by atoms with van der Waals surface area (Å²) in [7, 11) is -6.56. The number of ketones is 2. The van der Waals surface area contributed by atoms with E-state index in [0.29, 0.717) is 41.7 Å². The SMILES string of the molecule is C.CC1=C2C(=O)[C@H](O)[C@]3(C)[C@@H](O[Si](c4ccccc4)(c4ccccc4)C(C)(C)C)C[C@H]4OC[C@@]4(C)[C@H]3[C@H](OC(=O)c3ccccc3)[C@](O)(C[C@@H]1C)C2(C)C.CC1=C2C(=O)[C@H](O)[C@]3(C)[C@@H](O[Si](c4ccccc4)(c4ccccc4)C(C)(C)C)C[C@H]4OC[C@@]4(C)[C@H]3[C@H](OC(=O)c3ccccc3)[C@](O)(C[C@@H]1O)C2(C)C. The van der Waals surface area contributed by atoms with Gasteiger partial charge in [0.2, 0.25) is 0 Å². The number of aliphatic hydroxyl groups is 5. The number of carbonyl (C=O) groups is 4. The van der Waals surface area contributed by atoms with Gasteiger partial charge in [-0.15, -0.1) is 0 Å². The van der Waals surface area contributed by atoms with Gasteiger partial charge in [-0.1, -0.05) is 275 Å². The second-order valence-electron chi connectivity index (χ2n) is 36.3. The first-order valence-electron chi connectivity index (χ1n) is 38.0. The topological polar surface area (TPSA) is 225 Å². The van der Waals surface area contributed by atoms with Crippen LogP contribution in [0.4, 0.5) is 0 Å². The molecule has 6 fully saturated rings. The molecular weight excluding hydrogens is 1380 g/mol. The predicted molar refractivity (Wildman–Crippen MR) is 420 cm³/mol. The van der Waals surface area contributed by atoms with Crippen molar-refractivity contribution in [3.8, 4) is 0 Å². The molecule has 4 saturated carbocycles. The largest absolute Gasteiger partial charge is 0.455 e. The van der Waals surface area contributed by atoms with E-state index in [-0.39, 0.29) is 50.6 Å². The van der Waals surface area contributed by atoms with Gasteiger partial charge in [-0.2, -0.15) is 0 Å². The molecule has 2 aliphatic heterocycles. The number of aliphatic hydroxyl groups excluding tert-OH is 3. The van der Waals surface area contributed by atoms with Crippen molar-refractivity contribution in [2.24, 2.45) is 50.2 Å². The lowest BCUT2D eigenvalue weighted by molar-refractivity contribution is -0.326. The maximum absolute atomic E-state index is 15.2. The highest BCUT2D eigenvalue weighted by Crippen LogP contribution is 2.70. The Balaban J connectivity index is 0.000000198. The molecule has 0 amide bonds. The molecule has 107 heavy (non-hydrogen) atoms. The highest BCUT2D eigenvalue weighted by atomic mass is 28.4. The Morgan fingerprint density at radius 1 is 0.458 bits per heavy atom. The fraction of sp³-hybridized carbons (Fsp3) is 0.511. The monoisotopic (exact) mass is 1490 g/mol. The van der Waals surface area contributed by atoms with E-state index in [1.165, 1.54) is 0 Å². The van der Waals surface area contributed by atoms with Crippen molar-refractivity contribution >= 4 is 60.9 Å². The minimum Gasteiger partial charge on any atom is -0.455 e. The van der Waals surface area contributed by atoms with Crippen LogP contribution in [0.3, 0.4) is 0 Å². The summed E-state index contributed by atoms with van der Waals surface area (Å²) >= 11 is 0. The number of esters is 2. The quantitative estimate of drug-likeness (QED) is 0.0567. The minimum atomic E-state index is -3.30. The van der Waals surface area contributed by atoms with E-state index in [1.54, 1.807) is 69.3 Å². The summed E-state index contributed by atoms with van der Waals surface area (Å²) in [5, 5.41) is 67.6. The van der Waals surface area contributed by atoms with Crippen LogP contribution in [0.1, 0.15) is 172 Å². The molecule has 0 aromatic heterocycles. The van der Waals surface area contributed by atoms with E-state index in [2.05, 4.69) is 97.0 Å². The molecule has 2 saturated heterocycles. The van der Waals surface area contributed by atoms with Gasteiger partial charge in [-0.25, -0.2) is 9.59 Å². The van der Waals surface area contributed by atoms with Crippen molar-refractivity contribution in [3.05, 3.63) is 215 Å². The zero-order chi connectivity index (χ0) is 76.7. The predicted octanol–water partition coefficient (Wildman–Crippen LogP) is 12.7. The van der Waals surface area contributed by atoms with Crippen LogP contribution in [0.25, 0.3) is 0 Å². The Kier molecular flexibility index (Phi) is 20.8. The van der Waals surface area contributed by atoms with Gasteiger partial charge in [0.15, 0.2) is 11.6 Å². The first-order chi connectivity index (χ1) is 49.7. The van der Waals surface area contributed by atoms with Crippen LogP contribution in [0.2, 0.25) is 10.1 Å². The minimum absolute atomic E-state index is 0. The molecule has 15 nitrogen and oxygen atoms in total. The van der Waals surface area contributed by atoms with Crippen molar-refractivity contribution in [1.29, 1.82) is 0 Å². The number of Topliss-reactive ketones (excluding diaryl/α,β-unsaturated/α-hetero) is 2. The first kappa shape index (κ1) is 79.7. The van der Waals surface area contributed by atoms with E-state index >= 15 is 9.59 Å². The zero-order valence-corrected chi connectivity index (χ0v) is 66.8. The molecule has 6 aliphatic carbocycles. The summed E-state index contributed by atoms with van der Waals surface area (Å²) in [5.41, 5.74) is -7.72. The van der Waals surface area contributed by atoms with Gasteiger partial charge in [-0.05, 0) is 99.7 Å². The van der Waals surface area contributed by atoms with Crippen molar-refractivity contribution in [3.63, 3.8) is 0 Å². The third-order valence-corrected chi connectivity index (χ3v) is 38.0. The van der Waals surface area contributed by atoms with E-state index < -0.39 is 148 Å². The lowest BCUT2D eigenvalue weighted by Crippen LogP contribution is -2.79. The third kappa shape index (κ3) is 11.8. The van der Waals surface area contributed by atoms with Gasteiger partial charge >= 0.3 is 11.9 Å². The summed E-state index contributed by atoms with van der Waals surface area (Å²) in [6.07, 6.45) is -8.07. The third-order valence-electron chi connectivity index (χ3n) is 27.9. The second kappa shape index (κ2) is 27.9. The molecular formula is C90H114O15Si2. The lowest BCUT2D eigenvalue weighted by Gasteiger charge is -2.69. The standard InChI is InChI=1S/C45H56O7Si.C44H54O8Si.CH4/c1-28-26-45(49)39(51-40(48)30-19-13-10-14-20-30)37-43(8)27-50-33(43)25-34(44(37,9)38(47)36(46)35(29(28)2)42(45,6)7)52-53(41(3,4)5,31-21-15-11-16-22-31)32-23-17-12-18-24-32;1-27-31(45)25-44(49)38(51-39(48)28-18-12-9-13-19-28)36-42(7)26-50-32(42)24-33(43(36,8)37(47)35(46)34(27)41(44,5)6)52-53(40(2,3)4,29-20-14-10-15-21-29)30-22-16-11-17-23-30;/h10-24,28,33-34,37-39,47,49H,25-27H2,1-9H3;9-23,31-33,36-38,45,47,49H,24-26H2,1-8H3;1H4/t28-,33+,34-,37+,38-,39-,43+,44+,45+;31-,32+,33-,36+,37-,38-,42+,43+,44+;/m00./s1. The lowest BCUT2D eigenvalue weighted by atomic mass is 9.42. The first-order valence-corrected chi connectivity index (χ1v) is 41.9. The van der Waals surface area contributed by atoms with E-state index in [0.717, 1.165) is 26.3 Å². The highest BCUT2D eigenvalue weighted by Gasteiger charge is 2.78. The summed E-state index contributed by atoms with van der Waals surface area (Å²) < 4.78 is 41.9. The average Bonchev–Trinajstić information content (AvgIpc) is 0.674. The van der Waals surface area contributed by atoms with Gasteiger partial charge < -0.3 is 53.3 Å². The van der Waals surface area contributed by atoms with Crippen LogP contribution >= 0.6 is 0 Å². The number of hydrogen-bond donors (Lipinski definition) is 5. The van der Waals surface area contributed by atoms with Gasteiger partial charge in [0.05, 0.1) is 54.9 Å². The molecule has 2 heterocycles. The molecule has 18 atom stereocenters. The molecule has 0 unspecified atom stereocenters. The molecule has 4 bridgehead atoms. The van der Waals surface area contributed by atoms with Crippen LogP contribution in [0.15, 0.2) is 204 Å². The summed E-state index contributed by atoms with van der Waals surface area (Å²) in [4.78, 5) is 58.8. The number of carbonyl (C=O) groups excluding carboxylic acids is 4. The fourth-order valence-corrected chi connectivity index (χ4v) is 31.3. The molecule has 8 aliphatic rings. The molecule has 17 heteroatoms. The van der Waals surface area contributed by atoms with Gasteiger partial charge in [0.1, 0.15) is 35.6 Å². The number of rotatable bonds is 12. The smallest absolute Gasteiger partial charge is 0.338 e. The van der Waals surface area contributed by atoms with Crippen molar-refractivity contribution in [2.75, 3.05) is 13.2 Å². The fourth-order valence-electron chi connectivity index (χ4n) is 21.7. The van der Waals surface area contributed by atoms with Gasteiger partial charge in [0.25, 0.3) is 16.6 Å². The van der Waals surface area contributed by atoms with Gasteiger partial charge in [-0.3, -0.25) is 9.59 Å². The molecule has 6 aromatic carbocycles. The van der Waals surface area contributed by atoms with Crippen LogP contribution in [-0.4, -0.2) is 145 Å². The van der Waals surface area contributed by atoms with Crippen LogP contribution in [0, 0.1) is 50.2 Å². The molecule has 6 aromatic rings. The Morgan fingerprint density at radius 2 is 0.748 bits per heavy atom. The summed E-state index contributed by atoms with van der Waals surface area (Å²) in [6, 6.07) is 58.6.